The molecule has 0 fully saturated rings. The Morgan fingerprint density at radius 3 is 2.41 bits per heavy atom. The normalized spacial score (nSPS) is 11.1. The molecule has 1 amide bonds. The number of fused-ring (bicyclic) bond motifs is 2. The molecule has 0 saturated carbocycles. The molecule has 0 aliphatic rings. The first-order valence-corrected chi connectivity index (χ1v) is 13.5. The summed E-state index contributed by atoms with van der Waals surface area (Å²) >= 11 is 0. The predicted molar refractivity (Wildman–Crippen MR) is 154 cm³/mol. The lowest BCUT2D eigenvalue weighted by Gasteiger charge is -2.16. The SMILES string of the molecule is CCCc1[nH]c(=O)c(Cc2cc3cc(OCC)ccc3nc2CCCNC(C)=O)c2cc(OC)c(OC)cc12. The molecule has 0 saturated heterocycles. The van der Waals surface area contributed by atoms with E-state index in [9.17, 15) is 9.59 Å². The van der Waals surface area contributed by atoms with Crippen molar-refractivity contribution in [2.75, 3.05) is 27.4 Å². The molecule has 8 nitrogen and oxygen atoms in total. The Balaban J connectivity index is 1.86. The highest BCUT2D eigenvalue weighted by Crippen LogP contribution is 2.35. The van der Waals surface area contributed by atoms with Crippen LogP contribution in [0.15, 0.2) is 41.2 Å². The number of benzene rings is 2. The van der Waals surface area contributed by atoms with Gasteiger partial charge in [0.05, 0.1) is 26.3 Å². The maximum Gasteiger partial charge on any atom is 0.252 e. The van der Waals surface area contributed by atoms with Gasteiger partial charge in [-0.1, -0.05) is 13.3 Å². The first-order valence-electron chi connectivity index (χ1n) is 13.5. The Bertz CT molecular complexity index is 1540. The molecule has 2 heterocycles. The molecule has 0 bridgehead atoms. The third-order valence-corrected chi connectivity index (χ3v) is 6.81. The molecule has 4 aromatic rings. The number of pyridine rings is 2. The fourth-order valence-electron chi connectivity index (χ4n) is 4.98. The summed E-state index contributed by atoms with van der Waals surface area (Å²) in [5.74, 6) is 1.92. The number of hydrogen-bond donors (Lipinski definition) is 2. The Hall–Kier alpha value is -4.07. The van der Waals surface area contributed by atoms with Gasteiger partial charge in [-0.3, -0.25) is 14.6 Å². The fourth-order valence-corrected chi connectivity index (χ4v) is 4.98. The van der Waals surface area contributed by atoms with E-state index >= 15 is 0 Å². The summed E-state index contributed by atoms with van der Waals surface area (Å²) in [6.45, 7) is 6.69. The van der Waals surface area contributed by atoms with Crippen LogP contribution in [-0.2, 0) is 24.1 Å². The van der Waals surface area contributed by atoms with Crippen molar-refractivity contribution in [1.29, 1.82) is 0 Å². The lowest BCUT2D eigenvalue weighted by molar-refractivity contribution is -0.118. The van der Waals surface area contributed by atoms with Gasteiger partial charge in [0.1, 0.15) is 5.75 Å². The van der Waals surface area contributed by atoms with Crippen LogP contribution in [0.25, 0.3) is 21.7 Å². The van der Waals surface area contributed by atoms with Crippen LogP contribution in [0.4, 0.5) is 0 Å². The maximum atomic E-state index is 13.5. The minimum absolute atomic E-state index is 0.0558. The Kier molecular flexibility index (Phi) is 9.07. The van der Waals surface area contributed by atoms with Gasteiger partial charge in [-0.15, -0.1) is 0 Å². The third-order valence-electron chi connectivity index (χ3n) is 6.81. The van der Waals surface area contributed by atoms with Crippen LogP contribution in [0.3, 0.4) is 0 Å². The highest BCUT2D eigenvalue weighted by atomic mass is 16.5. The van der Waals surface area contributed by atoms with Crippen LogP contribution in [0.5, 0.6) is 17.2 Å². The number of carbonyl (C=O) groups is 1. The van der Waals surface area contributed by atoms with Gasteiger partial charge >= 0.3 is 0 Å². The Labute approximate surface area is 228 Å². The molecule has 4 rings (SSSR count). The highest BCUT2D eigenvalue weighted by Gasteiger charge is 2.18. The van der Waals surface area contributed by atoms with Crippen molar-refractivity contribution < 1.29 is 19.0 Å². The van der Waals surface area contributed by atoms with E-state index in [0.29, 0.717) is 43.1 Å². The lowest BCUT2D eigenvalue weighted by atomic mass is 9.94. The Morgan fingerprint density at radius 2 is 1.74 bits per heavy atom. The fraction of sp³-hybridized carbons (Fsp3) is 0.387. The van der Waals surface area contributed by atoms with Gasteiger partial charge in [-0.05, 0) is 73.5 Å². The molecular formula is C31H37N3O5. The number of hydrogen-bond acceptors (Lipinski definition) is 6. The number of carbonyl (C=O) groups excluding carboxylic acids is 1. The summed E-state index contributed by atoms with van der Waals surface area (Å²) in [5.41, 5.74) is 4.14. The second-order valence-corrected chi connectivity index (χ2v) is 9.56. The molecule has 0 atom stereocenters. The largest absolute Gasteiger partial charge is 0.494 e. The van der Waals surface area contributed by atoms with Crippen LogP contribution in [0.2, 0.25) is 0 Å². The van der Waals surface area contributed by atoms with Crippen LogP contribution in [0.1, 0.15) is 56.1 Å². The second-order valence-electron chi connectivity index (χ2n) is 9.56. The number of nitrogens with one attached hydrogen (secondary N) is 2. The molecule has 2 N–H and O–H groups in total. The molecule has 2 aromatic heterocycles. The zero-order valence-corrected chi connectivity index (χ0v) is 23.4. The number of methoxy groups -OCH3 is 2. The zero-order chi connectivity index (χ0) is 27.9. The van der Waals surface area contributed by atoms with Crippen molar-refractivity contribution in [2.45, 2.75) is 52.9 Å². The molecule has 8 heteroatoms. The van der Waals surface area contributed by atoms with Gasteiger partial charge in [0.25, 0.3) is 5.56 Å². The van der Waals surface area contributed by atoms with E-state index in [1.54, 1.807) is 14.2 Å². The number of ether oxygens (including phenoxy) is 3. The lowest BCUT2D eigenvalue weighted by Crippen LogP contribution is -2.21. The van der Waals surface area contributed by atoms with Crippen molar-refractivity contribution in [3.63, 3.8) is 0 Å². The summed E-state index contributed by atoms with van der Waals surface area (Å²) in [6, 6.07) is 11.8. The van der Waals surface area contributed by atoms with E-state index in [0.717, 1.165) is 63.6 Å². The number of amides is 1. The summed E-state index contributed by atoms with van der Waals surface area (Å²) in [6.07, 6.45) is 3.44. The average molecular weight is 532 g/mol. The van der Waals surface area contributed by atoms with E-state index in [4.69, 9.17) is 19.2 Å². The van der Waals surface area contributed by atoms with Gasteiger partial charge in [0.2, 0.25) is 5.91 Å². The first-order chi connectivity index (χ1) is 18.9. The number of rotatable bonds is 12. The molecule has 0 radical (unpaired) electrons. The van der Waals surface area contributed by atoms with E-state index in [1.807, 2.05) is 37.3 Å². The molecule has 39 heavy (non-hydrogen) atoms. The standard InChI is InChI=1S/C31H37N3O5/c1-6-9-28-24-18-30(38-5)29(37-4)17-23(24)25(31(36)34-28)16-21-14-20-15-22(39-7-2)11-12-27(20)33-26(21)10-8-13-32-19(3)35/h11-12,14-15,17-18H,6-10,13,16H2,1-5H3,(H,32,35)(H,34,36). The van der Waals surface area contributed by atoms with Gasteiger partial charge in [-0.25, -0.2) is 0 Å². The summed E-state index contributed by atoms with van der Waals surface area (Å²) in [5, 5.41) is 5.59. The number of aromatic amines is 1. The van der Waals surface area contributed by atoms with Crippen molar-refractivity contribution >= 4 is 27.6 Å². The molecule has 0 spiro atoms. The van der Waals surface area contributed by atoms with Gasteiger partial charge < -0.3 is 24.5 Å². The number of nitrogens with zero attached hydrogens (tertiary/aromatic N) is 1. The second kappa shape index (κ2) is 12.7. The van der Waals surface area contributed by atoms with E-state index in [1.165, 1.54) is 6.92 Å². The molecule has 206 valence electrons. The van der Waals surface area contributed by atoms with Gasteiger partial charge in [0.15, 0.2) is 11.5 Å². The summed E-state index contributed by atoms with van der Waals surface area (Å²) in [7, 11) is 3.21. The van der Waals surface area contributed by atoms with Gasteiger partial charge in [0, 0.05) is 47.6 Å². The van der Waals surface area contributed by atoms with Crippen LogP contribution < -0.4 is 25.1 Å². The average Bonchev–Trinajstić information content (AvgIpc) is 2.92. The maximum absolute atomic E-state index is 13.5. The van der Waals surface area contributed by atoms with Crippen LogP contribution in [0, 0.1) is 0 Å². The summed E-state index contributed by atoms with van der Waals surface area (Å²) < 4.78 is 16.9. The molecular weight excluding hydrogens is 494 g/mol. The van der Waals surface area contributed by atoms with Crippen molar-refractivity contribution in [1.82, 2.24) is 15.3 Å². The number of aromatic nitrogens is 2. The highest BCUT2D eigenvalue weighted by molar-refractivity contribution is 5.91. The van der Waals surface area contributed by atoms with E-state index in [2.05, 4.69) is 23.3 Å². The van der Waals surface area contributed by atoms with Crippen LogP contribution >= 0.6 is 0 Å². The number of H-pyrrole nitrogens is 1. The van der Waals surface area contributed by atoms with E-state index < -0.39 is 0 Å². The van der Waals surface area contributed by atoms with Crippen molar-refractivity contribution in [3.8, 4) is 17.2 Å². The third kappa shape index (κ3) is 6.33. The quantitative estimate of drug-likeness (QED) is 0.247. The molecule has 0 aliphatic heterocycles. The molecule has 0 aliphatic carbocycles. The van der Waals surface area contributed by atoms with Crippen molar-refractivity contribution in [2.24, 2.45) is 0 Å². The monoisotopic (exact) mass is 531 g/mol. The van der Waals surface area contributed by atoms with Crippen LogP contribution in [-0.4, -0.2) is 43.2 Å². The first kappa shape index (κ1) is 28.0. The van der Waals surface area contributed by atoms with E-state index in [-0.39, 0.29) is 11.5 Å². The zero-order valence-electron chi connectivity index (χ0n) is 23.4. The summed E-state index contributed by atoms with van der Waals surface area (Å²) in [4.78, 5) is 33.0. The minimum Gasteiger partial charge on any atom is -0.494 e. The predicted octanol–water partition coefficient (Wildman–Crippen LogP) is 5.10. The molecule has 0 unspecified atom stereocenters. The minimum atomic E-state index is -0.120. The Morgan fingerprint density at radius 1 is 1.00 bits per heavy atom. The smallest absolute Gasteiger partial charge is 0.252 e. The van der Waals surface area contributed by atoms with Crippen molar-refractivity contribution in [3.05, 3.63) is 69.3 Å². The molecule has 2 aromatic carbocycles. The van der Waals surface area contributed by atoms with Gasteiger partial charge in [-0.2, -0.15) is 0 Å². The topological polar surface area (TPSA) is 103 Å². The number of aryl methyl sites for hydroxylation is 2.